The lowest BCUT2D eigenvalue weighted by Crippen LogP contribution is -2.28. The van der Waals surface area contributed by atoms with Gasteiger partial charge in [-0.05, 0) is 43.5 Å². The number of halogens is 1. The number of nitrogens with one attached hydrogen (secondary N) is 1. The van der Waals surface area contributed by atoms with Crippen LogP contribution in [0.2, 0.25) is 0 Å². The summed E-state index contributed by atoms with van der Waals surface area (Å²) in [4.78, 5) is 0. The summed E-state index contributed by atoms with van der Waals surface area (Å²) in [5, 5.41) is 3.48. The van der Waals surface area contributed by atoms with E-state index in [0.29, 0.717) is 6.04 Å². The van der Waals surface area contributed by atoms with Crippen molar-refractivity contribution in [3.8, 4) is 5.75 Å². The van der Waals surface area contributed by atoms with E-state index in [2.05, 4.69) is 30.4 Å². The minimum atomic E-state index is 0.505. The highest BCUT2D eigenvalue weighted by molar-refractivity contribution is 6.17. The maximum Gasteiger partial charge on any atom is 0.122 e. The monoisotopic (exact) mass is 253 g/mol. The fraction of sp³-hybridized carbons (Fsp3) is 0.571. The van der Waals surface area contributed by atoms with E-state index in [-0.39, 0.29) is 0 Å². The lowest BCUT2D eigenvalue weighted by molar-refractivity contribution is 0.357. The molecular weight excluding hydrogens is 234 g/mol. The molecule has 2 rings (SSSR count). The molecule has 1 unspecified atom stereocenters. The summed E-state index contributed by atoms with van der Waals surface area (Å²) in [7, 11) is 0. The summed E-state index contributed by atoms with van der Waals surface area (Å²) in [6.07, 6.45) is 3.15. The van der Waals surface area contributed by atoms with Crippen LogP contribution >= 0.6 is 11.6 Å². The lowest BCUT2D eigenvalue weighted by Gasteiger charge is -2.12. The van der Waals surface area contributed by atoms with Crippen LogP contribution < -0.4 is 10.1 Å². The molecule has 1 aromatic rings. The molecule has 1 aliphatic heterocycles. The van der Waals surface area contributed by atoms with E-state index in [4.69, 9.17) is 16.3 Å². The van der Waals surface area contributed by atoms with E-state index >= 15 is 0 Å². The second kappa shape index (κ2) is 6.27. The van der Waals surface area contributed by atoms with Crippen molar-refractivity contribution in [2.75, 3.05) is 19.0 Å². The van der Waals surface area contributed by atoms with Gasteiger partial charge in [0.05, 0.1) is 6.61 Å². The van der Waals surface area contributed by atoms with Gasteiger partial charge in [0.15, 0.2) is 0 Å². The highest BCUT2D eigenvalue weighted by Crippen LogP contribution is 2.25. The number of alkyl halides is 1. The van der Waals surface area contributed by atoms with Crippen LogP contribution in [0.1, 0.15) is 24.5 Å². The van der Waals surface area contributed by atoms with Gasteiger partial charge in [0.25, 0.3) is 0 Å². The Hall–Kier alpha value is -0.730. The number of ether oxygens (including phenoxy) is 1. The van der Waals surface area contributed by atoms with Crippen LogP contribution in [0.4, 0.5) is 0 Å². The summed E-state index contributed by atoms with van der Waals surface area (Å²) in [5.74, 6) is 1.79. The molecule has 0 aliphatic carbocycles. The third kappa shape index (κ3) is 3.62. The van der Waals surface area contributed by atoms with E-state index in [1.165, 1.54) is 11.1 Å². The first-order chi connectivity index (χ1) is 8.29. The zero-order valence-electron chi connectivity index (χ0n) is 10.3. The zero-order valence-corrected chi connectivity index (χ0v) is 11.1. The van der Waals surface area contributed by atoms with Crippen molar-refractivity contribution < 1.29 is 4.74 Å². The molecule has 3 heteroatoms. The number of hydrogen-bond acceptors (Lipinski definition) is 2. The van der Waals surface area contributed by atoms with Crippen molar-refractivity contribution in [1.82, 2.24) is 5.32 Å². The van der Waals surface area contributed by atoms with Gasteiger partial charge in [0.1, 0.15) is 5.75 Å². The molecule has 2 nitrogen and oxygen atoms in total. The molecule has 94 valence electrons. The van der Waals surface area contributed by atoms with Crippen molar-refractivity contribution in [1.29, 1.82) is 0 Å². The standard InChI is InChI=1S/C14H20ClNO/c1-11(4-7-15)16-8-5-12-2-3-14-13(10-12)6-9-17-14/h2-3,10-11,16H,4-9H2,1H3. The molecule has 0 bridgehead atoms. The number of benzene rings is 1. The molecule has 1 heterocycles. The first kappa shape index (κ1) is 12.7. The molecule has 1 aromatic carbocycles. The SMILES string of the molecule is CC(CCCl)NCCc1ccc2c(c1)CCO2. The molecule has 0 fully saturated rings. The van der Waals surface area contributed by atoms with Crippen molar-refractivity contribution in [3.05, 3.63) is 29.3 Å². The van der Waals surface area contributed by atoms with Crippen LogP contribution in [0.15, 0.2) is 18.2 Å². The Morgan fingerprint density at radius 1 is 1.47 bits per heavy atom. The predicted molar refractivity (Wildman–Crippen MR) is 72.1 cm³/mol. The van der Waals surface area contributed by atoms with Gasteiger partial charge in [-0.15, -0.1) is 11.6 Å². The number of rotatable bonds is 6. The minimum absolute atomic E-state index is 0.505. The van der Waals surface area contributed by atoms with Crippen LogP contribution in [-0.2, 0) is 12.8 Å². The quantitative estimate of drug-likeness (QED) is 0.788. The third-order valence-electron chi connectivity index (χ3n) is 3.20. The summed E-state index contributed by atoms with van der Waals surface area (Å²) in [6, 6.07) is 7.04. The van der Waals surface area contributed by atoms with Gasteiger partial charge in [0, 0.05) is 18.3 Å². The van der Waals surface area contributed by atoms with E-state index in [0.717, 1.165) is 44.0 Å². The van der Waals surface area contributed by atoms with E-state index in [1.807, 2.05) is 0 Å². The summed E-state index contributed by atoms with van der Waals surface area (Å²) >= 11 is 5.70. The second-order valence-corrected chi connectivity index (χ2v) is 5.00. The molecule has 0 spiro atoms. The van der Waals surface area contributed by atoms with E-state index < -0.39 is 0 Å². The van der Waals surface area contributed by atoms with Crippen molar-refractivity contribution in [2.24, 2.45) is 0 Å². The third-order valence-corrected chi connectivity index (χ3v) is 3.42. The average molecular weight is 254 g/mol. The smallest absolute Gasteiger partial charge is 0.122 e. The van der Waals surface area contributed by atoms with E-state index in [9.17, 15) is 0 Å². The van der Waals surface area contributed by atoms with Gasteiger partial charge in [0.2, 0.25) is 0 Å². The first-order valence-corrected chi connectivity index (χ1v) is 6.87. The fourth-order valence-electron chi connectivity index (χ4n) is 2.12. The Morgan fingerprint density at radius 2 is 2.35 bits per heavy atom. The Balaban J connectivity index is 1.79. The Kier molecular flexibility index (Phi) is 4.69. The van der Waals surface area contributed by atoms with Gasteiger partial charge in [-0.3, -0.25) is 0 Å². The summed E-state index contributed by atoms with van der Waals surface area (Å²) in [6.45, 7) is 4.03. The summed E-state index contributed by atoms with van der Waals surface area (Å²) in [5.41, 5.74) is 2.75. The number of hydrogen-bond donors (Lipinski definition) is 1. The van der Waals surface area contributed by atoms with Crippen LogP contribution in [0.5, 0.6) is 5.75 Å². The van der Waals surface area contributed by atoms with Gasteiger partial charge in [-0.1, -0.05) is 12.1 Å². The summed E-state index contributed by atoms with van der Waals surface area (Å²) < 4.78 is 5.50. The fourth-order valence-corrected chi connectivity index (χ4v) is 2.45. The molecule has 1 N–H and O–H groups in total. The maximum atomic E-state index is 5.70. The predicted octanol–water partition coefficient (Wildman–Crippen LogP) is 2.77. The van der Waals surface area contributed by atoms with Crippen molar-refractivity contribution in [3.63, 3.8) is 0 Å². The second-order valence-electron chi connectivity index (χ2n) is 4.62. The highest BCUT2D eigenvalue weighted by atomic mass is 35.5. The Morgan fingerprint density at radius 3 is 3.18 bits per heavy atom. The molecule has 0 saturated carbocycles. The maximum absolute atomic E-state index is 5.70. The van der Waals surface area contributed by atoms with Crippen molar-refractivity contribution >= 4 is 11.6 Å². The molecule has 1 atom stereocenters. The van der Waals surface area contributed by atoms with Crippen LogP contribution in [0, 0.1) is 0 Å². The van der Waals surface area contributed by atoms with Gasteiger partial charge in [-0.25, -0.2) is 0 Å². The normalized spacial score (nSPS) is 15.4. The van der Waals surface area contributed by atoms with Crippen LogP contribution in [-0.4, -0.2) is 25.1 Å². The Bertz CT molecular complexity index is 367. The average Bonchev–Trinajstić information content (AvgIpc) is 2.76. The van der Waals surface area contributed by atoms with Gasteiger partial charge in [-0.2, -0.15) is 0 Å². The molecule has 0 aromatic heterocycles. The van der Waals surface area contributed by atoms with Crippen LogP contribution in [0.25, 0.3) is 0 Å². The van der Waals surface area contributed by atoms with Gasteiger partial charge < -0.3 is 10.1 Å². The van der Waals surface area contributed by atoms with Crippen molar-refractivity contribution in [2.45, 2.75) is 32.2 Å². The molecule has 1 aliphatic rings. The first-order valence-electron chi connectivity index (χ1n) is 6.33. The Labute approximate surface area is 108 Å². The highest BCUT2D eigenvalue weighted by Gasteiger charge is 2.11. The van der Waals surface area contributed by atoms with Gasteiger partial charge >= 0.3 is 0 Å². The topological polar surface area (TPSA) is 21.3 Å². The molecule has 0 amide bonds. The molecular formula is C14H20ClNO. The minimum Gasteiger partial charge on any atom is -0.493 e. The number of fused-ring (bicyclic) bond motifs is 1. The molecule has 0 radical (unpaired) electrons. The van der Waals surface area contributed by atoms with Crippen LogP contribution in [0.3, 0.4) is 0 Å². The molecule has 17 heavy (non-hydrogen) atoms. The lowest BCUT2D eigenvalue weighted by atomic mass is 10.1. The zero-order chi connectivity index (χ0) is 12.1. The largest absolute Gasteiger partial charge is 0.493 e. The van der Waals surface area contributed by atoms with E-state index in [1.54, 1.807) is 0 Å². The molecule has 0 saturated heterocycles.